The zero-order valence-corrected chi connectivity index (χ0v) is 16.3. The minimum atomic E-state index is -0.638. The Morgan fingerprint density at radius 3 is 2.93 bits per heavy atom. The number of carbonyl (C=O) groups is 1. The minimum absolute atomic E-state index is 0.0455. The van der Waals surface area contributed by atoms with Gasteiger partial charge in [-0.2, -0.15) is 0 Å². The third-order valence-electron chi connectivity index (χ3n) is 5.67. The highest BCUT2D eigenvalue weighted by molar-refractivity contribution is 5.88. The Bertz CT molecular complexity index is 866. The monoisotopic (exact) mass is 382 g/mol. The highest BCUT2D eigenvalue weighted by atomic mass is 16.5. The molecule has 0 bridgehead atoms. The molecule has 1 aromatic heterocycles. The van der Waals surface area contributed by atoms with Gasteiger partial charge in [-0.1, -0.05) is 6.07 Å². The van der Waals surface area contributed by atoms with Crippen LogP contribution >= 0.6 is 0 Å². The first-order valence-corrected chi connectivity index (χ1v) is 9.75. The van der Waals surface area contributed by atoms with Crippen molar-refractivity contribution in [2.45, 2.75) is 44.1 Å². The summed E-state index contributed by atoms with van der Waals surface area (Å²) in [6.07, 6.45) is 5.11. The number of aryl methyl sites for hydroxylation is 1. The molecule has 0 saturated carbocycles. The van der Waals surface area contributed by atoms with E-state index >= 15 is 0 Å². The van der Waals surface area contributed by atoms with E-state index in [1.54, 1.807) is 7.11 Å². The summed E-state index contributed by atoms with van der Waals surface area (Å²) in [4.78, 5) is 22.3. The Balaban J connectivity index is 1.54. The van der Waals surface area contributed by atoms with E-state index in [1.807, 2.05) is 37.4 Å². The standard InChI is InChI=1S/C21H26N4O3/c1-21(19(26)23-15-7-10-28-11-8-15)9-6-14-13-22-20(25-18(14)21)24-16-4-3-5-17(12-16)27-2/h3-5,12-13,15H,6-11H2,1-2H3,(H,23,26)(H,22,24,25). The third-order valence-corrected chi connectivity index (χ3v) is 5.67. The van der Waals surface area contributed by atoms with Crippen molar-refractivity contribution in [3.8, 4) is 5.75 Å². The van der Waals surface area contributed by atoms with Gasteiger partial charge in [0.2, 0.25) is 11.9 Å². The Labute approximate surface area is 164 Å². The Morgan fingerprint density at radius 1 is 1.32 bits per heavy atom. The van der Waals surface area contributed by atoms with Gasteiger partial charge in [0.05, 0.1) is 18.2 Å². The summed E-state index contributed by atoms with van der Waals surface area (Å²) in [5, 5.41) is 6.43. The van der Waals surface area contributed by atoms with Crippen LogP contribution in [-0.4, -0.2) is 42.2 Å². The molecule has 2 N–H and O–H groups in total. The Hall–Kier alpha value is -2.67. The number of methoxy groups -OCH3 is 1. The number of fused-ring (bicyclic) bond motifs is 1. The van der Waals surface area contributed by atoms with E-state index < -0.39 is 5.41 Å². The SMILES string of the molecule is COc1cccc(Nc2ncc3c(n2)C(C)(C(=O)NC2CCOCC2)CC3)c1. The lowest BCUT2D eigenvalue weighted by atomic mass is 9.86. The lowest BCUT2D eigenvalue weighted by Gasteiger charge is -2.29. The molecule has 1 aromatic carbocycles. The van der Waals surface area contributed by atoms with Gasteiger partial charge in [-0.25, -0.2) is 9.97 Å². The summed E-state index contributed by atoms with van der Waals surface area (Å²) < 4.78 is 10.6. The van der Waals surface area contributed by atoms with Crippen LogP contribution in [0.3, 0.4) is 0 Å². The predicted octanol–water partition coefficient (Wildman–Crippen LogP) is 2.73. The molecule has 1 aliphatic carbocycles. The van der Waals surface area contributed by atoms with Crippen LogP contribution in [0.4, 0.5) is 11.6 Å². The van der Waals surface area contributed by atoms with E-state index in [1.165, 1.54) is 0 Å². The van der Waals surface area contributed by atoms with Crippen LogP contribution in [0, 0.1) is 0 Å². The van der Waals surface area contributed by atoms with Gasteiger partial charge in [0.1, 0.15) is 5.75 Å². The minimum Gasteiger partial charge on any atom is -0.497 e. The molecular weight excluding hydrogens is 356 g/mol. The van der Waals surface area contributed by atoms with Crippen LogP contribution in [0.15, 0.2) is 30.5 Å². The van der Waals surface area contributed by atoms with Gasteiger partial charge in [-0.15, -0.1) is 0 Å². The maximum absolute atomic E-state index is 13.1. The van der Waals surface area contributed by atoms with Crippen molar-refractivity contribution in [1.29, 1.82) is 0 Å². The molecule has 2 aromatic rings. The molecule has 28 heavy (non-hydrogen) atoms. The number of hydrogen-bond acceptors (Lipinski definition) is 6. The van der Waals surface area contributed by atoms with Crippen molar-refractivity contribution in [3.63, 3.8) is 0 Å². The Morgan fingerprint density at radius 2 is 2.14 bits per heavy atom. The largest absolute Gasteiger partial charge is 0.497 e. The zero-order valence-electron chi connectivity index (χ0n) is 16.3. The third kappa shape index (κ3) is 3.67. The highest BCUT2D eigenvalue weighted by Gasteiger charge is 2.43. The molecule has 7 nitrogen and oxygen atoms in total. The van der Waals surface area contributed by atoms with Crippen molar-refractivity contribution < 1.29 is 14.3 Å². The second-order valence-corrected chi connectivity index (χ2v) is 7.62. The Kier molecular flexibility index (Phi) is 5.17. The molecule has 2 heterocycles. The second-order valence-electron chi connectivity index (χ2n) is 7.62. The number of nitrogens with zero attached hydrogens (tertiary/aromatic N) is 2. The van der Waals surface area contributed by atoms with Gasteiger partial charge in [0.25, 0.3) is 0 Å². The number of ether oxygens (including phenoxy) is 2. The number of benzene rings is 1. The number of carbonyl (C=O) groups excluding carboxylic acids is 1. The number of rotatable bonds is 5. The number of aromatic nitrogens is 2. The zero-order chi connectivity index (χ0) is 19.6. The van der Waals surface area contributed by atoms with Gasteiger partial charge in [0, 0.05) is 37.2 Å². The molecule has 1 atom stereocenters. The average molecular weight is 382 g/mol. The molecule has 7 heteroatoms. The summed E-state index contributed by atoms with van der Waals surface area (Å²) in [5.41, 5.74) is 2.06. The van der Waals surface area contributed by atoms with E-state index in [-0.39, 0.29) is 11.9 Å². The molecule has 1 amide bonds. The summed E-state index contributed by atoms with van der Waals surface area (Å²) in [6, 6.07) is 7.77. The molecule has 1 fully saturated rings. The molecule has 0 radical (unpaired) electrons. The smallest absolute Gasteiger partial charge is 0.232 e. The van der Waals surface area contributed by atoms with Gasteiger partial charge in [-0.3, -0.25) is 4.79 Å². The summed E-state index contributed by atoms with van der Waals surface area (Å²) in [7, 11) is 1.63. The van der Waals surface area contributed by atoms with Crippen LogP contribution < -0.4 is 15.4 Å². The average Bonchev–Trinajstić information content (AvgIpc) is 3.06. The van der Waals surface area contributed by atoms with Gasteiger partial charge in [-0.05, 0) is 50.3 Å². The van der Waals surface area contributed by atoms with Gasteiger partial charge >= 0.3 is 0 Å². The van der Waals surface area contributed by atoms with Crippen molar-refractivity contribution in [3.05, 3.63) is 41.7 Å². The van der Waals surface area contributed by atoms with Crippen LogP contribution in [0.2, 0.25) is 0 Å². The van der Waals surface area contributed by atoms with Crippen LogP contribution in [-0.2, 0) is 21.4 Å². The van der Waals surface area contributed by atoms with E-state index in [9.17, 15) is 4.79 Å². The normalized spacial score (nSPS) is 21.8. The molecule has 1 aliphatic heterocycles. The number of hydrogen-bond donors (Lipinski definition) is 2. The van der Waals surface area contributed by atoms with Crippen LogP contribution in [0.1, 0.15) is 37.4 Å². The molecule has 2 aliphatic rings. The molecule has 148 valence electrons. The van der Waals surface area contributed by atoms with Gasteiger partial charge in [0.15, 0.2) is 0 Å². The predicted molar refractivity (Wildman–Crippen MR) is 106 cm³/mol. The van der Waals surface area contributed by atoms with Crippen molar-refractivity contribution in [2.75, 3.05) is 25.6 Å². The molecule has 0 spiro atoms. The van der Waals surface area contributed by atoms with Crippen LogP contribution in [0.25, 0.3) is 0 Å². The van der Waals surface area contributed by atoms with E-state index in [2.05, 4.69) is 15.6 Å². The number of nitrogens with one attached hydrogen (secondary N) is 2. The first kappa shape index (κ1) is 18.7. The van der Waals surface area contributed by atoms with E-state index in [0.29, 0.717) is 19.2 Å². The summed E-state index contributed by atoms with van der Waals surface area (Å²) in [6.45, 7) is 3.39. The fraction of sp³-hybridized carbons (Fsp3) is 0.476. The van der Waals surface area contributed by atoms with E-state index in [4.69, 9.17) is 14.5 Å². The lowest BCUT2D eigenvalue weighted by Crippen LogP contribution is -2.47. The summed E-state index contributed by atoms with van der Waals surface area (Å²) >= 11 is 0. The number of anilines is 2. The maximum atomic E-state index is 13.1. The van der Waals surface area contributed by atoms with Crippen molar-refractivity contribution in [2.24, 2.45) is 0 Å². The molecular formula is C21H26N4O3. The van der Waals surface area contributed by atoms with Crippen molar-refractivity contribution in [1.82, 2.24) is 15.3 Å². The fourth-order valence-corrected chi connectivity index (χ4v) is 3.87. The lowest BCUT2D eigenvalue weighted by molar-refractivity contribution is -0.127. The van der Waals surface area contributed by atoms with Gasteiger partial charge < -0.3 is 20.1 Å². The number of amides is 1. The van der Waals surface area contributed by atoms with Crippen molar-refractivity contribution >= 4 is 17.5 Å². The first-order valence-electron chi connectivity index (χ1n) is 9.75. The molecule has 4 rings (SSSR count). The van der Waals surface area contributed by atoms with E-state index in [0.717, 1.165) is 48.4 Å². The summed E-state index contributed by atoms with van der Waals surface area (Å²) in [5.74, 6) is 1.29. The second kappa shape index (κ2) is 7.75. The topological polar surface area (TPSA) is 85.4 Å². The molecule has 1 unspecified atom stereocenters. The quantitative estimate of drug-likeness (QED) is 0.827. The molecule has 1 saturated heterocycles. The van der Waals surface area contributed by atoms with Crippen LogP contribution in [0.5, 0.6) is 5.75 Å². The first-order chi connectivity index (χ1) is 13.6. The fourth-order valence-electron chi connectivity index (χ4n) is 3.87. The maximum Gasteiger partial charge on any atom is 0.232 e. The highest BCUT2D eigenvalue weighted by Crippen LogP contribution is 2.38.